The van der Waals surface area contributed by atoms with Gasteiger partial charge in [-0.05, 0) is 47.1 Å². The number of alkyl halides is 1. The Morgan fingerprint density at radius 2 is 1.95 bits per heavy atom. The number of aromatic nitrogens is 3. The van der Waals surface area contributed by atoms with E-state index in [0.717, 1.165) is 21.3 Å². The lowest BCUT2D eigenvalue weighted by Crippen LogP contribution is -2.02. The first-order valence-corrected chi connectivity index (χ1v) is 8.09. The fourth-order valence-electron chi connectivity index (χ4n) is 2.10. The summed E-state index contributed by atoms with van der Waals surface area (Å²) < 4.78 is 2.75. The molecule has 2 aromatic heterocycles. The molecular weight excluding hydrogens is 396 g/mol. The van der Waals surface area contributed by atoms with Gasteiger partial charge in [-0.15, -0.1) is 11.6 Å². The number of imidazole rings is 1. The second-order valence-electron chi connectivity index (χ2n) is 4.52. The van der Waals surface area contributed by atoms with Gasteiger partial charge in [0.05, 0.1) is 21.1 Å². The van der Waals surface area contributed by atoms with Crippen LogP contribution in [0.15, 0.2) is 34.9 Å². The van der Waals surface area contributed by atoms with Crippen LogP contribution >= 0.6 is 50.7 Å². The highest BCUT2D eigenvalue weighted by Gasteiger charge is 2.18. The quantitative estimate of drug-likeness (QED) is 0.505. The van der Waals surface area contributed by atoms with Crippen molar-refractivity contribution in [2.75, 3.05) is 0 Å². The second kappa shape index (κ2) is 5.76. The number of rotatable bonds is 2. The first kappa shape index (κ1) is 15.1. The van der Waals surface area contributed by atoms with E-state index in [9.17, 15) is 0 Å². The number of hydrogen-bond donors (Lipinski definition) is 0. The molecule has 0 aliphatic heterocycles. The summed E-state index contributed by atoms with van der Waals surface area (Å²) in [6, 6.07) is 7.28. The van der Waals surface area contributed by atoms with Crippen molar-refractivity contribution in [2.45, 2.75) is 12.3 Å². The van der Waals surface area contributed by atoms with Gasteiger partial charge in [0.25, 0.3) is 0 Å². The van der Waals surface area contributed by atoms with Crippen molar-refractivity contribution in [1.82, 2.24) is 14.5 Å². The van der Waals surface area contributed by atoms with Crippen molar-refractivity contribution in [3.05, 3.63) is 50.8 Å². The van der Waals surface area contributed by atoms with E-state index < -0.39 is 0 Å². The van der Waals surface area contributed by atoms with E-state index in [4.69, 9.17) is 34.8 Å². The topological polar surface area (TPSA) is 30.7 Å². The molecule has 0 bridgehead atoms. The maximum absolute atomic E-state index is 6.26. The van der Waals surface area contributed by atoms with E-state index in [1.54, 1.807) is 18.3 Å². The summed E-state index contributed by atoms with van der Waals surface area (Å²) >= 11 is 21.7. The monoisotopic (exact) mass is 403 g/mol. The highest BCUT2D eigenvalue weighted by atomic mass is 79.9. The molecule has 0 aliphatic rings. The predicted octanol–water partition coefficient (Wildman–Crippen LogP) is 5.79. The number of hydrogen-bond acceptors (Lipinski definition) is 2. The highest BCUT2D eigenvalue weighted by molar-refractivity contribution is 9.10. The number of pyridine rings is 1. The van der Waals surface area contributed by atoms with Crippen molar-refractivity contribution in [2.24, 2.45) is 0 Å². The third-order valence-corrected chi connectivity index (χ3v) is 4.37. The third-order valence-electron chi connectivity index (χ3n) is 3.01. The van der Waals surface area contributed by atoms with E-state index in [1.165, 1.54) is 0 Å². The molecule has 0 radical (unpaired) electrons. The standard InChI is InChI=1S/C14H9BrCl3N3/c1-7(16)13-20-12-4-8(15)6-19-14(12)21(13)9-2-3-10(17)11(18)5-9/h2-7H,1H3. The zero-order valence-corrected chi connectivity index (χ0v) is 14.7. The van der Waals surface area contributed by atoms with Gasteiger partial charge < -0.3 is 0 Å². The molecular formula is C14H9BrCl3N3. The van der Waals surface area contributed by atoms with Crippen LogP contribution in [-0.4, -0.2) is 14.5 Å². The lowest BCUT2D eigenvalue weighted by Gasteiger charge is -2.10. The van der Waals surface area contributed by atoms with Crippen LogP contribution in [0.1, 0.15) is 18.1 Å². The van der Waals surface area contributed by atoms with Gasteiger partial charge in [0, 0.05) is 10.7 Å². The number of nitrogens with zero attached hydrogens (tertiary/aromatic N) is 3. The Hall–Kier alpha value is -0.810. The fourth-order valence-corrected chi connectivity index (χ4v) is 2.86. The summed E-state index contributed by atoms with van der Waals surface area (Å²) in [6.07, 6.45) is 1.72. The van der Waals surface area contributed by atoms with Crippen molar-refractivity contribution in [3.63, 3.8) is 0 Å². The Morgan fingerprint density at radius 1 is 1.19 bits per heavy atom. The van der Waals surface area contributed by atoms with Crippen LogP contribution in [0, 0.1) is 0 Å². The van der Waals surface area contributed by atoms with Gasteiger partial charge in [0.1, 0.15) is 11.3 Å². The third kappa shape index (κ3) is 2.78. The second-order valence-corrected chi connectivity index (χ2v) is 6.90. The average molecular weight is 406 g/mol. The lowest BCUT2D eigenvalue weighted by molar-refractivity contribution is 0.877. The van der Waals surface area contributed by atoms with Crippen LogP contribution in [0.2, 0.25) is 10.0 Å². The molecule has 21 heavy (non-hydrogen) atoms. The summed E-state index contributed by atoms with van der Waals surface area (Å²) in [5, 5.41) is 0.703. The Labute approximate surface area is 145 Å². The summed E-state index contributed by atoms with van der Waals surface area (Å²) in [7, 11) is 0. The molecule has 0 amide bonds. The minimum Gasteiger partial charge on any atom is -0.279 e. The van der Waals surface area contributed by atoms with E-state index in [0.29, 0.717) is 15.9 Å². The molecule has 3 nitrogen and oxygen atoms in total. The SMILES string of the molecule is CC(Cl)c1nc2cc(Br)cnc2n1-c1ccc(Cl)c(Cl)c1. The molecule has 1 aromatic carbocycles. The van der Waals surface area contributed by atoms with Crippen LogP contribution in [0.5, 0.6) is 0 Å². The van der Waals surface area contributed by atoms with E-state index in [1.807, 2.05) is 23.6 Å². The van der Waals surface area contributed by atoms with Crippen LogP contribution < -0.4 is 0 Å². The number of benzene rings is 1. The van der Waals surface area contributed by atoms with E-state index in [2.05, 4.69) is 25.9 Å². The average Bonchev–Trinajstić information content (AvgIpc) is 2.80. The Kier molecular flexibility index (Phi) is 4.14. The Morgan fingerprint density at radius 3 is 2.62 bits per heavy atom. The molecule has 1 unspecified atom stereocenters. The van der Waals surface area contributed by atoms with Gasteiger partial charge in [0.2, 0.25) is 0 Å². The van der Waals surface area contributed by atoms with E-state index >= 15 is 0 Å². The molecule has 0 aliphatic carbocycles. The molecule has 3 rings (SSSR count). The summed E-state index contributed by atoms with van der Waals surface area (Å²) in [6.45, 7) is 1.87. The van der Waals surface area contributed by atoms with Crippen LogP contribution in [0.25, 0.3) is 16.9 Å². The molecule has 0 saturated heterocycles. The van der Waals surface area contributed by atoms with Gasteiger partial charge >= 0.3 is 0 Å². The predicted molar refractivity (Wildman–Crippen MR) is 90.9 cm³/mol. The van der Waals surface area contributed by atoms with Crippen molar-refractivity contribution in [1.29, 1.82) is 0 Å². The minimum atomic E-state index is -0.271. The largest absolute Gasteiger partial charge is 0.279 e. The van der Waals surface area contributed by atoms with Crippen LogP contribution in [0.4, 0.5) is 0 Å². The normalized spacial score (nSPS) is 12.8. The molecule has 2 heterocycles. The molecule has 3 aromatic rings. The summed E-state index contributed by atoms with van der Waals surface area (Å²) in [4.78, 5) is 9.00. The first-order valence-electron chi connectivity index (χ1n) is 6.11. The van der Waals surface area contributed by atoms with Gasteiger partial charge in [0.15, 0.2) is 5.65 Å². The molecule has 0 fully saturated rings. The summed E-state index contributed by atoms with van der Waals surface area (Å²) in [5.41, 5.74) is 2.31. The maximum atomic E-state index is 6.26. The Balaban J connectivity index is 2.33. The highest BCUT2D eigenvalue weighted by Crippen LogP contribution is 2.31. The molecule has 7 heteroatoms. The zero-order valence-electron chi connectivity index (χ0n) is 10.8. The fraction of sp³-hybridized carbons (Fsp3) is 0.143. The van der Waals surface area contributed by atoms with Gasteiger partial charge in [-0.25, -0.2) is 9.97 Å². The smallest absolute Gasteiger partial charge is 0.164 e. The summed E-state index contributed by atoms with van der Waals surface area (Å²) in [5.74, 6) is 0.704. The number of fused-ring (bicyclic) bond motifs is 1. The van der Waals surface area contributed by atoms with Gasteiger partial charge in [-0.2, -0.15) is 0 Å². The first-order chi connectivity index (χ1) is 9.97. The van der Waals surface area contributed by atoms with Crippen molar-refractivity contribution in [3.8, 4) is 5.69 Å². The maximum Gasteiger partial charge on any atom is 0.164 e. The van der Waals surface area contributed by atoms with Gasteiger partial charge in [-0.1, -0.05) is 23.2 Å². The molecule has 0 spiro atoms. The van der Waals surface area contributed by atoms with E-state index in [-0.39, 0.29) is 5.38 Å². The minimum absolute atomic E-state index is 0.271. The van der Waals surface area contributed by atoms with Crippen LogP contribution in [-0.2, 0) is 0 Å². The Bertz CT molecular complexity index is 830. The molecule has 0 N–H and O–H groups in total. The van der Waals surface area contributed by atoms with Crippen molar-refractivity contribution < 1.29 is 0 Å². The molecule has 0 saturated carbocycles. The van der Waals surface area contributed by atoms with Crippen LogP contribution in [0.3, 0.4) is 0 Å². The van der Waals surface area contributed by atoms with Crippen molar-refractivity contribution >= 4 is 61.9 Å². The zero-order chi connectivity index (χ0) is 15.1. The molecule has 108 valence electrons. The number of halogens is 4. The molecule has 1 atom stereocenters. The van der Waals surface area contributed by atoms with Gasteiger partial charge in [-0.3, -0.25) is 4.57 Å². The lowest BCUT2D eigenvalue weighted by atomic mass is 10.3.